The third-order valence-electron chi connectivity index (χ3n) is 4.01. The number of carboxylic acids is 1. The van der Waals surface area contributed by atoms with Crippen LogP contribution in [0.25, 0.3) is 0 Å². The van der Waals surface area contributed by atoms with E-state index in [0.29, 0.717) is 11.5 Å². The van der Waals surface area contributed by atoms with Crippen molar-refractivity contribution >= 4 is 17.7 Å². The second kappa shape index (κ2) is 8.50. The molecule has 0 bridgehead atoms. The molecule has 7 heteroatoms. The number of rotatable bonds is 9. The molecule has 0 amide bonds. The lowest BCUT2D eigenvalue weighted by atomic mass is 9.83. The summed E-state index contributed by atoms with van der Waals surface area (Å²) in [6.07, 6.45) is 0.113. The molecule has 0 fully saturated rings. The van der Waals surface area contributed by atoms with Gasteiger partial charge in [0.25, 0.3) is 0 Å². The summed E-state index contributed by atoms with van der Waals surface area (Å²) in [4.78, 5) is 35.9. The van der Waals surface area contributed by atoms with Crippen LogP contribution < -0.4 is 9.47 Å². The maximum absolute atomic E-state index is 12.5. The van der Waals surface area contributed by atoms with Gasteiger partial charge in [-0.05, 0) is 38.0 Å². The first-order chi connectivity index (χ1) is 11.7. The number of Topliss-reactive ketones (excluding diaryl/α,β-unsaturated/α-hetero) is 1. The Bertz CT molecular complexity index is 627. The average molecular weight is 352 g/mol. The fraction of sp³-hybridized carbons (Fsp3) is 0.500. The second-order valence-electron chi connectivity index (χ2n) is 6.26. The summed E-state index contributed by atoms with van der Waals surface area (Å²) in [5.74, 6) is -2.80. The number of aliphatic carboxylic acids is 1. The van der Waals surface area contributed by atoms with Crippen molar-refractivity contribution in [1.29, 1.82) is 0 Å². The van der Waals surface area contributed by atoms with Crippen molar-refractivity contribution in [2.75, 3.05) is 21.3 Å². The number of benzene rings is 1. The molecule has 138 valence electrons. The summed E-state index contributed by atoms with van der Waals surface area (Å²) >= 11 is 0. The largest absolute Gasteiger partial charge is 0.497 e. The first kappa shape index (κ1) is 20.5. The molecule has 1 unspecified atom stereocenters. The zero-order chi connectivity index (χ0) is 19.2. The molecule has 0 radical (unpaired) electrons. The van der Waals surface area contributed by atoms with Crippen molar-refractivity contribution in [2.24, 2.45) is 5.41 Å². The molecular weight excluding hydrogens is 328 g/mol. The van der Waals surface area contributed by atoms with Crippen LogP contribution in [0.3, 0.4) is 0 Å². The van der Waals surface area contributed by atoms with Gasteiger partial charge in [0, 0.05) is 12.5 Å². The molecule has 0 saturated heterocycles. The lowest BCUT2D eigenvalue weighted by Gasteiger charge is -2.22. The fourth-order valence-corrected chi connectivity index (χ4v) is 2.42. The van der Waals surface area contributed by atoms with E-state index in [2.05, 4.69) is 0 Å². The number of esters is 1. The summed E-state index contributed by atoms with van der Waals surface area (Å²) in [7, 11) is 4.15. The van der Waals surface area contributed by atoms with E-state index in [0.717, 1.165) is 0 Å². The van der Waals surface area contributed by atoms with Gasteiger partial charge in [0.15, 0.2) is 5.78 Å². The minimum Gasteiger partial charge on any atom is -0.497 e. The summed E-state index contributed by atoms with van der Waals surface area (Å²) in [5, 5.41) is 9.51. The van der Waals surface area contributed by atoms with E-state index in [1.165, 1.54) is 33.5 Å². The molecule has 25 heavy (non-hydrogen) atoms. The number of ether oxygens (including phenoxy) is 3. The molecular formula is C18H24O7. The van der Waals surface area contributed by atoms with Gasteiger partial charge in [0.1, 0.15) is 17.4 Å². The molecule has 1 atom stereocenters. The average Bonchev–Trinajstić information content (AvgIpc) is 2.58. The monoisotopic (exact) mass is 352 g/mol. The Labute approximate surface area is 146 Å². The van der Waals surface area contributed by atoms with Crippen LogP contribution in [0.5, 0.6) is 11.5 Å². The maximum atomic E-state index is 12.5. The summed E-state index contributed by atoms with van der Waals surface area (Å²) in [5.41, 5.74) is -0.607. The van der Waals surface area contributed by atoms with E-state index < -0.39 is 29.1 Å². The highest BCUT2D eigenvalue weighted by molar-refractivity contribution is 6.04. The Hall–Kier alpha value is -2.57. The first-order valence-corrected chi connectivity index (χ1v) is 7.73. The fourth-order valence-electron chi connectivity index (χ4n) is 2.42. The minimum absolute atomic E-state index is 0.0708. The predicted octanol–water partition coefficient (Wildman–Crippen LogP) is 2.42. The highest BCUT2D eigenvalue weighted by Gasteiger charge is 2.33. The molecule has 1 rings (SSSR count). The number of carbonyl (C=O) groups excluding carboxylic acids is 2. The highest BCUT2D eigenvalue weighted by Crippen LogP contribution is 2.31. The SMILES string of the molecule is COC(=O)C(C)(C)CCC(=O)C(C(=O)O)c1cc(OC)cc(OC)c1. The predicted molar refractivity (Wildman–Crippen MR) is 90.0 cm³/mol. The van der Waals surface area contributed by atoms with Crippen LogP contribution in [0.1, 0.15) is 38.2 Å². The molecule has 0 aliphatic rings. The van der Waals surface area contributed by atoms with Gasteiger partial charge in [0.2, 0.25) is 0 Å². The van der Waals surface area contributed by atoms with Crippen molar-refractivity contribution in [3.63, 3.8) is 0 Å². The molecule has 0 aliphatic heterocycles. The van der Waals surface area contributed by atoms with Gasteiger partial charge in [-0.25, -0.2) is 0 Å². The normalized spacial score (nSPS) is 12.2. The third-order valence-corrected chi connectivity index (χ3v) is 4.01. The molecule has 7 nitrogen and oxygen atoms in total. The molecule has 0 saturated carbocycles. The molecule has 0 aromatic heterocycles. The van der Waals surface area contributed by atoms with Crippen LogP contribution in [0, 0.1) is 5.41 Å². The lowest BCUT2D eigenvalue weighted by Crippen LogP contribution is -2.28. The van der Waals surface area contributed by atoms with Gasteiger partial charge in [-0.3, -0.25) is 14.4 Å². The zero-order valence-corrected chi connectivity index (χ0v) is 15.1. The Morgan fingerprint density at radius 1 is 1.04 bits per heavy atom. The van der Waals surface area contributed by atoms with Crippen molar-refractivity contribution in [3.05, 3.63) is 23.8 Å². The van der Waals surface area contributed by atoms with Gasteiger partial charge in [-0.15, -0.1) is 0 Å². The summed E-state index contributed by atoms with van der Waals surface area (Å²) in [6, 6.07) is 4.57. The molecule has 1 N–H and O–H groups in total. The van der Waals surface area contributed by atoms with E-state index in [1.54, 1.807) is 19.9 Å². The van der Waals surface area contributed by atoms with Crippen molar-refractivity contribution in [1.82, 2.24) is 0 Å². The van der Waals surface area contributed by atoms with Crippen molar-refractivity contribution < 1.29 is 33.7 Å². The van der Waals surface area contributed by atoms with E-state index >= 15 is 0 Å². The van der Waals surface area contributed by atoms with Crippen LogP contribution in [0.4, 0.5) is 0 Å². The van der Waals surface area contributed by atoms with Gasteiger partial charge in [-0.2, -0.15) is 0 Å². The first-order valence-electron chi connectivity index (χ1n) is 7.73. The van der Waals surface area contributed by atoms with E-state index in [9.17, 15) is 19.5 Å². The quantitative estimate of drug-likeness (QED) is 0.538. The van der Waals surface area contributed by atoms with Crippen molar-refractivity contribution in [3.8, 4) is 11.5 Å². The molecule has 0 aliphatic carbocycles. The Kier molecular flexibility index (Phi) is 6.97. The molecule has 1 aromatic rings. The van der Waals surface area contributed by atoms with Gasteiger partial charge >= 0.3 is 11.9 Å². The number of carbonyl (C=O) groups is 3. The Balaban J connectivity index is 3.06. The van der Waals surface area contributed by atoms with E-state index in [1.807, 2.05) is 0 Å². The number of methoxy groups -OCH3 is 3. The van der Waals surface area contributed by atoms with Gasteiger partial charge in [0.05, 0.1) is 26.7 Å². The number of hydrogen-bond donors (Lipinski definition) is 1. The molecule has 0 spiro atoms. The number of hydrogen-bond acceptors (Lipinski definition) is 6. The van der Waals surface area contributed by atoms with Crippen LogP contribution >= 0.6 is 0 Å². The van der Waals surface area contributed by atoms with Crippen LogP contribution in [0.2, 0.25) is 0 Å². The Morgan fingerprint density at radius 3 is 1.96 bits per heavy atom. The highest BCUT2D eigenvalue weighted by atomic mass is 16.5. The third kappa shape index (κ3) is 5.20. The summed E-state index contributed by atoms with van der Waals surface area (Å²) < 4.78 is 14.9. The van der Waals surface area contributed by atoms with E-state index in [-0.39, 0.29) is 18.4 Å². The van der Waals surface area contributed by atoms with Gasteiger partial charge < -0.3 is 19.3 Å². The van der Waals surface area contributed by atoms with Crippen LogP contribution in [0.15, 0.2) is 18.2 Å². The Morgan fingerprint density at radius 2 is 1.56 bits per heavy atom. The molecule has 0 heterocycles. The van der Waals surface area contributed by atoms with Crippen LogP contribution in [-0.2, 0) is 19.1 Å². The summed E-state index contributed by atoms with van der Waals surface area (Å²) in [6.45, 7) is 3.30. The van der Waals surface area contributed by atoms with Crippen LogP contribution in [-0.4, -0.2) is 44.2 Å². The lowest BCUT2D eigenvalue weighted by molar-refractivity contribution is -0.151. The van der Waals surface area contributed by atoms with E-state index in [4.69, 9.17) is 14.2 Å². The molecule has 1 aromatic carbocycles. The van der Waals surface area contributed by atoms with Crippen molar-refractivity contribution in [2.45, 2.75) is 32.6 Å². The number of ketones is 1. The van der Waals surface area contributed by atoms with Gasteiger partial charge in [-0.1, -0.05) is 0 Å². The smallest absolute Gasteiger partial charge is 0.318 e. The zero-order valence-electron chi connectivity index (χ0n) is 15.1. The minimum atomic E-state index is -1.36. The standard InChI is InChI=1S/C18H24O7/c1-18(2,17(22)25-5)7-6-14(19)15(16(20)21)11-8-12(23-3)10-13(9-11)24-4/h8-10,15H,6-7H2,1-5H3,(H,20,21). The maximum Gasteiger partial charge on any atom is 0.318 e. The topological polar surface area (TPSA) is 99.1 Å². The number of carboxylic acid groups (broad SMARTS) is 1. The second-order valence-corrected chi connectivity index (χ2v) is 6.26.